The maximum absolute atomic E-state index is 13.2. The molecular formula is C25H46BNO6. The second-order valence-corrected chi connectivity index (χ2v) is 11.0. The van der Waals surface area contributed by atoms with E-state index in [2.05, 4.69) is 11.9 Å². The number of hydrogen-bond donors (Lipinski definition) is 1. The molecule has 1 aliphatic heterocycles. The molecule has 0 radical (unpaired) electrons. The van der Waals surface area contributed by atoms with E-state index in [0.717, 1.165) is 19.3 Å². The molecule has 1 aliphatic rings. The molecule has 0 aliphatic carbocycles. The van der Waals surface area contributed by atoms with Crippen molar-refractivity contribution in [3.63, 3.8) is 0 Å². The number of carbonyl (C=O) groups excluding carboxylic acids is 2. The summed E-state index contributed by atoms with van der Waals surface area (Å²) < 4.78 is 23.2. The van der Waals surface area contributed by atoms with Gasteiger partial charge in [0, 0.05) is 0 Å². The topological polar surface area (TPSA) is 83.1 Å². The average Bonchev–Trinajstić information content (AvgIpc) is 2.88. The average molecular weight is 467 g/mol. The van der Waals surface area contributed by atoms with E-state index in [1.165, 1.54) is 0 Å². The van der Waals surface area contributed by atoms with E-state index in [9.17, 15) is 9.59 Å². The number of alkyl carbamates (subject to hydrolysis) is 1. The van der Waals surface area contributed by atoms with Crippen LogP contribution >= 0.6 is 0 Å². The number of unbranched alkanes of at least 4 members (excludes halogenated alkanes) is 2. The fraction of sp³-hybridized carbons (Fsp3) is 0.840. The van der Waals surface area contributed by atoms with Crippen LogP contribution in [-0.4, -0.2) is 48.1 Å². The van der Waals surface area contributed by atoms with E-state index in [-0.39, 0.29) is 18.3 Å². The molecule has 8 heteroatoms. The third-order valence-corrected chi connectivity index (χ3v) is 6.23. The van der Waals surface area contributed by atoms with Crippen molar-refractivity contribution in [3.8, 4) is 0 Å². The first kappa shape index (κ1) is 29.5. The minimum atomic E-state index is -1.17. The van der Waals surface area contributed by atoms with Crippen LogP contribution in [0, 0.1) is 0 Å². The molecule has 1 heterocycles. The third kappa shape index (κ3) is 9.32. The maximum Gasteiger partial charge on any atom is 0.457 e. The van der Waals surface area contributed by atoms with Gasteiger partial charge in [0.25, 0.3) is 0 Å². The van der Waals surface area contributed by atoms with Gasteiger partial charge in [0.1, 0.15) is 11.1 Å². The highest BCUT2D eigenvalue weighted by molar-refractivity contribution is 6.45. The van der Waals surface area contributed by atoms with E-state index in [1.54, 1.807) is 26.8 Å². The lowest BCUT2D eigenvalue weighted by molar-refractivity contribution is -0.152. The van der Waals surface area contributed by atoms with Crippen molar-refractivity contribution in [2.75, 3.05) is 6.61 Å². The van der Waals surface area contributed by atoms with Gasteiger partial charge in [-0.2, -0.15) is 0 Å². The summed E-state index contributed by atoms with van der Waals surface area (Å²) in [5.74, 6) is -0.417. The summed E-state index contributed by atoms with van der Waals surface area (Å²) in [5, 5.41) is 2.86. The number of allylic oxidation sites excluding steroid dienone is 1. The van der Waals surface area contributed by atoms with Crippen molar-refractivity contribution in [3.05, 3.63) is 12.7 Å². The molecule has 0 bridgehead atoms. The van der Waals surface area contributed by atoms with E-state index < -0.39 is 23.2 Å². The summed E-state index contributed by atoms with van der Waals surface area (Å²) in [4.78, 5) is 25.8. The smallest absolute Gasteiger partial charge is 0.457 e. The summed E-state index contributed by atoms with van der Waals surface area (Å²) in [5.41, 5.74) is -2.57. The number of amides is 1. The van der Waals surface area contributed by atoms with Crippen LogP contribution in [0.25, 0.3) is 0 Å². The van der Waals surface area contributed by atoms with E-state index in [0.29, 0.717) is 38.6 Å². The zero-order valence-corrected chi connectivity index (χ0v) is 22.2. The van der Waals surface area contributed by atoms with Gasteiger partial charge in [-0.25, -0.2) is 9.59 Å². The molecule has 0 saturated carbocycles. The summed E-state index contributed by atoms with van der Waals surface area (Å²) in [6.45, 7) is 19.7. The van der Waals surface area contributed by atoms with Crippen LogP contribution in [-0.2, 0) is 23.6 Å². The molecule has 1 saturated heterocycles. The highest BCUT2D eigenvalue weighted by Gasteiger charge is 2.50. The number of carbonyl (C=O) groups is 2. The van der Waals surface area contributed by atoms with Gasteiger partial charge in [0.2, 0.25) is 0 Å². The van der Waals surface area contributed by atoms with Gasteiger partial charge in [0.15, 0.2) is 0 Å². The quantitative estimate of drug-likeness (QED) is 0.159. The van der Waals surface area contributed by atoms with E-state index in [1.807, 2.05) is 34.6 Å². The van der Waals surface area contributed by atoms with Gasteiger partial charge >= 0.3 is 19.2 Å². The Labute approximate surface area is 201 Å². The van der Waals surface area contributed by atoms with Crippen molar-refractivity contribution >= 4 is 19.2 Å². The predicted molar refractivity (Wildman–Crippen MR) is 132 cm³/mol. The molecule has 0 aromatic rings. The second-order valence-electron chi connectivity index (χ2n) is 11.0. The summed E-state index contributed by atoms with van der Waals surface area (Å²) in [6, 6.07) is 0. The van der Waals surface area contributed by atoms with Gasteiger partial charge in [-0.15, -0.1) is 6.58 Å². The fourth-order valence-electron chi connectivity index (χ4n) is 3.62. The minimum Gasteiger partial charge on any atom is -0.464 e. The zero-order chi connectivity index (χ0) is 25.3. The fourth-order valence-corrected chi connectivity index (χ4v) is 3.62. The van der Waals surface area contributed by atoms with Gasteiger partial charge in [0.05, 0.1) is 17.8 Å². The van der Waals surface area contributed by atoms with Crippen molar-refractivity contribution < 1.29 is 28.4 Å². The Morgan fingerprint density at radius 3 is 2.15 bits per heavy atom. The van der Waals surface area contributed by atoms with E-state index >= 15 is 0 Å². The molecule has 0 aromatic carbocycles. The summed E-state index contributed by atoms with van der Waals surface area (Å²) in [6.07, 6.45) is 6.40. The van der Waals surface area contributed by atoms with Gasteiger partial charge < -0.3 is 24.1 Å². The third-order valence-electron chi connectivity index (χ3n) is 6.23. The van der Waals surface area contributed by atoms with Crippen LogP contribution in [0.1, 0.15) is 100 Å². The molecule has 1 N–H and O–H groups in total. The Balaban J connectivity index is 2.88. The molecule has 1 fully saturated rings. The molecule has 1 rings (SSSR count). The molecule has 33 heavy (non-hydrogen) atoms. The largest absolute Gasteiger partial charge is 0.464 e. The highest BCUT2D eigenvalue weighted by atomic mass is 16.7. The first-order valence-electron chi connectivity index (χ1n) is 12.3. The highest BCUT2D eigenvalue weighted by Crippen LogP contribution is 2.38. The lowest BCUT2D eigenvalue weighted by Crippen LogP contribution is -2.56. The number of nitrogens with one attached hydrogen (secondary N) is 1. The Kier molecular flexibility index (Phi) is 11.0. The van der Waals surface area contributed by atoms with Crippen LogP contribution in [0.4, 0.5) is 4.79 Å². The standard InChI is InChI=1S/C25H46BNO6/c1-10-12-16-25(20(28)30-19-13-11-2,27-21(29)31-22(3,4)5)17-14-15-18-26-32-23(6,7)24(8,9)33-26/h10H,1,11-19H2,2-9H3,(H,27,29). The maximum atomic E-state index is 13.2. The summed E-state index contributed by atoms with van der Waals surface area (Å²) >= 11 is 0. The molecule has 190 valence electrons. The molecule has 0 aromatic heterocycles. The zero-order valence-electron chi connectivity index (χ0n) is 22.2. The predicted octanol–water partition coefficient (Wildman–Crippen LogP) is 5.82. The molecule has 0 spiro atoms. The van der Waals surface area contributed by atoms with Crippen molar-refractivity contribution in [1.82, 2.24) is 5.32 Å². The Morgan fingerprint density at radius 1 is 1.03 bits per heavy atom. The van der Waals surface area contributed by atoms with Crippen LogP contribution in [0.2, 0.25) is 6.32 Å². The Bertz CT molecular complexity index is 642. The van der Waals surface area contributed by atoms with Crippen LogP contribution in [0.3, 0.4) is 0 Å². The SMILES string of the molecule is C=CCCC(CCCCB1OC(C)(C)C(C)(C)O1)(NC(=O)OC(C)(C)C)C(=O)OCCCC. The Hall–Kier alpha value is -1.54. The number of hydrogen-bond acceptors (Lipinski definition) is 6. The van der Waals surface area contributed by atoms with Crippen molar-refractivity contribution in [1.29, 1.82) is 0 Å². The number of ether oxygens (including phenoxy) is 2. The first-order valence-corrected chi connectivity index (χ1v) is 12.3. The molecule has 1 atom stereocenters. The number of esters is 1. The monoisotopic (exact) mass is 467 g/mol. The van der Waals surface area contributed by atoms with Crippen molar-refractivity contribution in [2.45, 2.75) is 129 Å². The van der Waals surface area contributed by atoms with Crippen molar-refractivity contribution in [2.24, 2.45) is 0 Å². The molecular weight excluding hydrogens is 421 g/mol. The van der Waals surface area contributed by atoms with E-state index in [4.69, 9.17) is 18.8 Å². The lowest BCUT2D eigenvalue weighted by Gasteiger charge is -2.33. The van der Waals surface area contributed by atoms with Crippen LogP contribution in [0.5, 0.6) is 0 Å². The van der Waals surface area contributed by atoms with Crippen LogP contribution < -0.4 is 5.32 Å². The normalized spacial score (nSPS) is 19.0. The summed E-state index contributed by atoms with van der Waals surface area (Å²) in [7, 11) is -0.284. The van der Waals surface area contributed by atoms with Gasteiger partial charge in [-0.05, 0) is 80.5 Å². The lowest BCUT2D eigenvalue weighted by atomic mass is 9.80. The molecule has 7 nitrogen and oxygen atoms in total. The van der Waals surface area contributed by atoms with Gasteiger partial charge in [-0.1, -0.05) is 32.3 Å². The minimum absolute atomic E-state index is 0.284. The first-order chi connectivity index (χ1) is 15.2. The number of rotatable bonds is 13. The van der Waals surface area contributed by atoms with Gasteiger partial charge in [-0.3, -0.25) is 0 Å². The molecule has 1 unspecified atom stereocenters. The second kappa shape index (κ2) is 12.3. The molecule has 1 amide bonds. The van der Waals surface area contributed by atoms with Crippen LogP contribution in [0.15, 0.2) is 12.7 Å². The Morgan fingerprint density at radius 2 is 1.64 bits per heavy atom.